The summed E-state index contributed by atoms with van der Waals surface area (Å²) in [6.45, 7) is 5.18. The molecule has 1 N–H and O–H groups in total. The second-order valence-electron chi connectivity index (χ2n) is 2.97. The van der Waals surface area contributed by atoms with E-state index in [0.717, 1.165) is 18.0 Å². The van der Waals surface area contributed by atoms with Crippen LogP contribution in [-0.2, 0) is 0 Å². The van der Waals surface area contributed by atoms with Crippen molar-refractivity contribution in [2.75, 3.05) is 13.6 Å². The van der Waals surface area contributed by atoms with Gasteiger partial charge in [-0.15, -0.1) is 11.3 Å². The Morgan fingerprint density at radius 1 is 1.69 bits per heavy atom. The highest BCUT2D eigenvalue weighted by Gasteiger charge is 1.96. The zero-order valence-corrected chi connectivity index (χ0v) is 9.24. The lowest BCUT2D eigenvalue weighted by atomic mass is 10.2. The van der Waals surface area contributed by atoms with Crippen molar-refractivity contribution < 1.29 is 0 Å². The Balaban J connectivity index is 2.72. The van der Waals surface area contributed by atoms with Crippen LogP contribution in [-0.4, -0.2) is 18.6 Å². The third-order valence-corrected chi connectivity index (χ3v) is 2.70. The van der Waals surface area contributed by atoms with Crippen LogP contribution in [0.2, 0.25) is 0 Å². The summed E-state index contributed by atoms with van der Waals surface area (Å²) in [4.78, 5) is 5.47. The summed E-state index contributed by atoms with van der Waals surface area (Å²) < 4.78 is 0. The molecule has 3 heteroatoms. The van der Waals surface area contributed by atoms with Crippen LogP contribution in [0.25, 0.3) is 6.08 Å². The van der Waals surface area contributed by atoms with E-state index in [2.05, 4.69) is 23.3 Å². The number of thiazole rings is 1. The largest absolute Gasteiger partial charge is 0.316 e. The molecule has 1 aromatic rings. The molecule has 0 aliphatic carbocycles. The topological polar surface area (TPSA) is 24.9 Å². The van der Waals surface area contributed by atoms with Gasteiger partial charge >= 0.3 is 0 Å². The summed E-state index contributed by atoms with van der Waals surface area (Å²) in [6.07, 6.45) is 5.25. The quantitative estimate of drug-likeness (QED) is 0.800. The smallest absolute Gasteiger partial charge is 0.0900 e. The summed E-state index contributed by atoms with van der Waals surface area (Å²) in [7, 11) is 1.97. The van der Waals surface area contributed by atoms with Crippen molar-refractivity contribution in [1.82, 2.24) is 10.3 Å². The molecule has 2 nitrogen and oxygen atoms in total. The average molecular weight is 196 g/mol. The molecule has 0 aromatic carbocycles. The maximum absolute atomic E-state index is 4.22. The van der Waals surface area contributed by atoms with E-state index in [-0.39, 0.29) is 0 Å². The molecule has 0 atom stereocenters. The van der Waals surface area contributed by atoms with Gasteiger partial charge in [0.25, 0.3) is 0 Å². The lowest BCUT2D eigenvalue weighted by Gasteiger charge is -2.01. The fourth-order valence-electron chi connectivity index (χ4n) is 1.15. The van der Waals surface area contributed by atoms with Crippen LogP contribution in [0.3, 0.4) is 0 Å². The summed E-state index contributed by atoms with van der Waals surface area (Å²) in [5.41, 5.74) is 1.42. The molecular weight excluding hydrogens is 180 g/mol. The first-order valence-corrected chi connectivity index (χ1v) is 5.34. The van der Waals surface area contributed by atoms with Gasteiger partial charge in [-0.1, -0.05) is 12.5 Å². The van der Waals surface area contributed by atoms with Crippen LogP contribution in [0, 0.1) is 6.92 Å². The lowest BCUT2D eigenvalue weighted by Crippen LogP contribution is -2.09. The second-order valence-corrected chi connectivity index (χ2v) is 4.23. The highest BCUT2D eigenvalue weighted by molar-refractivity contribution is 7.12. The molecule has 0 unspecified atom stereocenters. The maximum Gasteiger partial charge on any atom is 0.0900 e. The number of aryl methyl sites for hydroxylation is 1. The van der Waals surface area contributed by atoms with E-state index in [1.165, 1.54) is 10.5 Å². The molecule has 0 saturated heterocycles. The second kappa shape index (κ2) is 5.14. The monoisotopic (exact) mass is 196 g/mol. The van der Waals surface area contributed by atoms with Gasteiger partial charge < -0.3 is 5.32 Å². The zero-order valence-electron chi connectivity index (χ0n) is 8.42. The first-order chi connectivity index (χ1) is 6.26. The van der Waals surface area contributed by atoms with Gasteiger partial charge in [-0.3, -0.25) is 0 Å². The van der Waals surface area contributed by atoms with Gasteiger partial charge in [-0.2, -0.15) is 0 Å². The number of nitrogens with one attached hydrogen (secondary N) is 1. The molecule has 1 rings (SSSR count). The van der Waals surface area contributed by atoms with Crippen LogP contribution in [0.15, 0.2) is 11.8 Å². The normalized spacial score (nSPS) is 12.1. The first-order valence-electron chi connectivity index (χ1n) is 4.52. The van der Waals surface area contributed by atoms with Crippen molar-refractivity contribution in [2.45, 2.75) is 20.3 Å². The zero-order chi connectivity index (χ0) is 9.68. The van der Waals surface area contributed by atoms with Gasteiger partial charge in [0.15, 0.2) is 0 Å². The Hall–Kier alpha value is -0.670. The minimum atomic E-state index is 0.966. The number of hydrogen-bond acceptors (Lipinski definition) is 3. The molecule has 0 radical (unpaired) electrons. The van der Waals surface area contributed by atoms with Crippen molar-refractivity contribution in [1.29, 1.82) is 0 Å². The first kappa shape index (κ1) is 10.4. The summed E-state index contributed by atoms with van der Waals surface area (Å²) in [5, 5.41) is 4.29. The standard InChI is InChI=1S/C10H16N2S/c1-4-9(6-11-3)5-10-7-12-8(2)13-10/h5,7,11H,4,6H2,1-3H3. The highest BCUT2D eigenvalue weighted by Crippen LogP contribution is 2.16. The van der Waals surface area contributed by atoms with Gasteiger partial charge in [0.1, 0.15) is 0 Å². The van der Waals surface area contributed by atoms with E-state index in [0.29, 0.717) is 0 Å². The van der Waals surface area contributed by atoms with Crippen LogP contribution in [0.1, 0.15) is 23.2 Å². The molecule has 72 valence electrons. The van der Waals surface area contributed by atoms with Gasteiger partial charge in [0, 0.05) is 17.6 Å². The van der Waals surface area contributed by atoms with Crippen molar-refractivity contribution in [3.8, 4) is 0 Å². The van der Waals surface area contributed by atoms with Gasteiger partial charge in [0.05, 0.1) is 5.01 Å². The van der Waals surface area contributed by atoms with E-state index < -0.39 is 0 Å². The highest BCUT2D eigenvalue weighted by atomic mass is 32.1. The van der Waals surface area contributed by atoms with E-state index >= 15 is 0 Å². The number of nitrogens with zero attached hydrogens (tertiary/aromatic N) is 1. The Morgan fingerprint density at radius 3 is 2.92 bits per heavy atom. The van der Waals surface area contributed by atoms with E-state index in [9.17, 15) is 0 Å². The van der Waals surface area contributed by atoms with Gasteiger partial charge in [-0.25, -0.2) is 4.98 Å². The molecule has 1 aromatic heterocycles. The minimum Gasteiger partial charge on any atom is -0.316 e. The Kier molecular flexibility index (Phi) is 4.12. The Bertz CT molecular complexity index is 289. The van der Waals surface area contributed by atoms with Gasteiger partial charge in [0.2, 0.25) is 0 Å². The number of hydrogen-bond donors (Lipinski definition) is 1. The fourth-order valence-corrected chi connectivity index (χ4v) is 1.93. The van der Waals surface area contributed by atoms with Gasteiger partial charge in [-0.05, 0) is 26.5 Å². The molecule has 0 bridgehead atoms. The molecule has 1 heterocycles. The van der Waals surface area contributed by atoms with Crippen LogP contribution >= 0.6 is 11.3 Å². The number of likely N-dealkylation sites (N-methyl/N-ethyl adjacent to an activating group) is 1. The predicted octanol–water partition coefficient (Wildman–Crippen LogP) is 2.46. The summed E-state index contributed by atoms with van der Waals surface area (Å²) >= 11 is 1.74. The van der Waals surface area contributed by atoms with Crippen molar-refractivity contribution in [2.24, 2.45) is 0 Å². The Morgan fingerprint density at radius 2 is 2.46 bits per heavy atom. The maximum atomic E-state index is 4.22. The average Bonchev–Trinajstić information content (AvgIpc) is 2.50. The predicted molar refractivity (Wildman–Crippen MR) is 59.0 cm³/mol. The number of rotatable bonds is 4. The van der Waals surface area contributed by atoms with Crippen molar-refractivity contribution in [3.63, 3.8) is 0 Å². The SMILES string of the molecule is CCC(=Cc1cnc(C)s1)CNC. The lowest BCUT2D eigenvalue weighted by molar-refractivity contribution is 0.851. The molecule has 0 amide bonds. The summed E-state index contributed by atoms with van der Waals surface area (Å²) in [6, 6.07) is 0. The van der Waals surface area contributed by atoms with Crippen LogP contribution in [0.5, 0.6) is 0 Å². The Labute approximate surface area is 83.7 Å². The van der Waals surface area contributed by atoms with Crippen LogP contribution in [0.4, 0.5) is 0 Å². The van der Waals surface area contributed by atoms with E-state index in [1.54, 1.807) is 11.3 Å². The molecule has 0 fully saturated rings. The molecule has 0 saturated carbocycles. The minimum absolute atomic E-state index is 0.966. The molecule has 0 aliphatic heterocycles. The molecule has 13 heavy (non-hydrogen) atoms. The molecule has 0 aliphatic rings. The molecule has 0 spiro atoms. The third-order valence-electron chi connectivity index (χ3n) is 1.84. The van der Waals surface area contributed by atoms with Crippen molar-refractivity contribution in [3.05, 3.63) is 21.7 Å². The number of aromatic nitrogens is 1. The summed E-state index contributed by atoms with van der Waals surface area (Å²) in [5.74, 6) is 0. The van der Waals surface area contributed by atoms with E-state index in [1.807, 2.05) is 20.2 Å². The van der Waals surface area contributed by atoms with Crippen molar-refractivity contribution >= 4 is 17.4 Å². The third kappa shape index (κ3) is 3.28. The van der Waals surface area contributed by atoms with Crippen LogP contribution < -0.4 is 5.32 Å². The molecular formula is C10H16N2S. The fraction of sp³-hybridized carbons (Fsp3) is 0.500. The van der Waals surface area contributed by atoms with E-state index in [4.69, 9.17) is 0 Å².